The van der Waals surface area contributed by atoms with Gasteiger partial charge < -0.3 is 4.57 Å². The fraction of sp³-hybridized carbons (Fsp3) is 0.667. The molecule has 0 bridgehead atoms. The number of aromatic nitrogens is 2. The summed E-state index contributed by atoms with van der Waals surface area (Å²) in [5, 5.41) is 0. The maximum atomic E-state index is 11.8. The second-order valence-corrected chi connectivity index (χ2v) is 4.65. The highest BCUT2D eigenvalue weighted by molar-refractivity contribution is 4.86. The van der Waals surface area contributed by atoms with Crippen molar-refractivity contribution >= 4 is 0 Å². The van der Waals surface area contributed by atoms with Gasteiger partial charge in [-0.1, -0.05) is 19.3 Å². The van der Waals surface area contributed by atoms with Gasteiger partial charge >= 0.3 is 5.69 Å². The molecule has 0 amide bonds. The van der Waals surface area contributed by atoms with E-state index >= 15 is 0 Å². The molecule has 0 aromatic carbocycles. The molecule has 0 aliphatic heterocycles. The standard InChI is InChI=1S/C12H18N2O2/c1-13-11(15)7-8-14(12(13)16)9-10-5-3-2-4-6-10/h7-8,10H,2-6,9H2,1H3. The molecule has 0 N–H and O–H groups in total. The first-order valence-corrected chi connectivity index (χ1v) is 5.95. The molecule has 4 nitrogen and oxygen atoms in total. The van der Waals surface area contributed by atoms with Gasteiger partial charge in [-0.25, -0.2) is 4.79 Å². The molecule has 1 aliphatic rings. The van der Waals surface area contributed by atoms with Crippen LogP contribution < -0.4 is 11.2 Å². The Balaban J connectivity index is 2.18. The molecular formula is C12H18N2O2. The Morgan fingerprint density at radius 3 is 2.62 bits per heavy atom. The van der Waals surface area contributed by atoms with Gasteiger partial charge in [-0.2, -0.15) is 0 Å². The van der Waals surface area contributed by atoms with Crippen LogP contribution in [0, 0.1) is 5.92 Å². The zero-order valence-electron chi connectivity index (χ0n) is 9.69. The topological polar surface area (TPSA) is 44.0 Å². The largest absolute Gasteiger partial charge is 0.330 e. The minimum Gasteiger partial charge on any atom is -0.300 e. The summed E-state index contributed by atoms with van der Waals surface area (Å²) in [6, 6.07) is 1.46. The number of nitrogens with zero attached hydrogens (tertiary/aromatic N) is 2. The van der Waals surface area contributed by atoms with E-state index in [1.165, 1.54) is 49.8 Å². The summed E-state index contributed by atoms with van der Waals surface area (Å²) in [6.45, 7) is 0.757. The summed E-state index contributed by atoms with van der Waals surface area (Å²) < 4.78 is 2.83. The molecular weight excluding hydrogens is 204 g/mol. The molecule has 16 heavy (non-hydrogen) atoms. The Morgan fingerprint density at radius 1 is 1.25 bits per heavy atom. The van der Waals surface area contributed by atoms with Gasteiger partial charge in [0.2, 0.25) is 0 Å². The summed E-state index contributed by atoms with van der Waals surface area (Å²) in [6.07, 6.45) is 7.89. The zero-order chi connectivity index (χ0) is 11.5. The van der Waals surface area contributed by atoms with Crippen molar-refractivity contribution in [1.82, 2.24) is 9.13 Å². The van der Waals surface area contributed by atoms with Crippen LogP contribution in [0.1, 0.15) is 32.1 Å². The molecule has 0 atom stereocenters. The smallest absolute Gasteiger partial charge is 0.300 e. The lowest BCUT2D eigenvalue weighted by atomic mass is 9.89. The van der Waals surface area contributed by atoms with E-state index < -0.39 is 0 Å². The van der Waals surface area contributed by atoms with Gasteiger partial charge in [-0.3, -0.25) is 9.36 Å². The molecule has 88 valence electrons. The first-order valence-electron chi connectivity index (χ1n) is 5.95. The molecule has 0 unspecified atom stereocenters. The van der Waals surface area contributed by atoms with E-state index in [9.17, 15) is 9.59 Å². The predicted octanol–water partition coefficient (Wildman–Crippen LogP) is 1.13. The van der Waals surface area contributed by atoms with E-state index in [2.05, 4.69) is 0 Å². The van der Waals surface area contributed by atoms with Crippen molar-refractivity contribution in [2.45, 2.75) is 38.6 Å². The lowest BCUT2D eigenvalue weighted by molar-refractivity contribution is 0.312. The van der Waals surface area contributed by atoms with Crippen molar-refractivity contribution in [3.8, 4) is 0 Å². The van der Waals surface area contributed by atoms with E-state index in [0.29, 0.717) is 5.92 Å². The highest BCUT2D eigenvalue weighted by atomic mass is 16.2. The van der Waals surface area contributed by atoms with Gasteiger partial charge in [0, 0.05) is 25.9 Å². The molecule has 1 saturated carbocycles. The SMILES string of the molecule is Cn1c(=O)ccn(CC2CCCCC2)c1=O. The average Bonchev–Trinajstić information content (AvgIpc) is 2.31. The van der Waals surface area contributed by atoms with E-state index in [1.807, 2.05) is 0 Å². The third-order valence-electron chi connectivity index (χ3n) is 3.44. The third-order valence-corrected chi connectivity index (χ3v) is 3.44. The van der Waals surface area contributed by atoms with Crippen LogP contribution >= 0.6 is 0 Å². The van der Waals surface area contributed by atoms with E-state index in [4.69, 9.17) is 0 Å². The minimum absolute atomic E-state index is 0.196. The van der Waals surface area contributed by atoms with E-state index in [-0.39, 0.29) is 11.2 Å². The number of hydrogen-bond donors (Lipinski definition) is 0. The molecule has 0 radical (unpaired) electrons. The first kappa shape index (κ1) is 11.2. The summed E-state index contributed by atoms with van der Waals surface area (Å²) in [5.74, 6) is 0.601. The zero-order valence-corrected chi connectivity index (χ0v) is 9.69. The average molecular weight is 222 g/mol. The molecule has 2 rings (SSSR count). The van der Waals surface area contributed by atoms with Crippen LogP contribution in [-0.2, 0) is 13.6 Å². The Hall–Kier alpha value is -1.32. The lowest BCUT2D eigenvalue weighted by Gasteiger charge is -2.22. The number of hydrogen-bond acceptors (Lipinski definition) is 2. The molecule has 1 aromatic heterocycles. The van der Waals surface area contributed by atoms with Crippen molar-refractivity contribution in [2.24, 2.45) is 13.0 Å². The van der Waals surface area contributed by atoms with Crippen molar-refractivity contribution < 1.29 is 0 Å². The van der Waals surface area contributed by atoms with E-state index in [1.54, 1.807) is 10.8 Å². The fourth-order valence-electron chi connectivity index (χ4n) is 2.40. The van der Waals surface area contributed by atoms with Crippen LogP contribution in [0.3, 0.4) is 0 Å². The summed E-state index contributed by atoms with van der Waals surface area (Å²) in [4.78, 5) is 23.0. The van der Waals surface area contributed by atoms with Gasteiger partial charge in [-0.15, -0.1) is 0 Å². The Bertz CT molecular complexity index is 467. The van der Waals surface area contributed by atoms with Crippen molar-refractivity contribution in [3.05, 3.63) is 33.1 Å². The van der Waals surface area contributed by atoms with Crippen molar-refractivity contribution in [3.63, 3.8) is 0 Å². The van der Waals surface area contributed by atoms with Gasteiger partial charge in [0.15, 0.2) is 0 Å². The predicted molar refractivity (Wildman–Crippen MR) is 62.5 cm³/mol. The molecule has 4 heteroatoms. The molecule has 1 fully saturated rings. The highest BCUT2D eigenvalue weighted by Crippen LogP contribution is 2.24. The van der Waals surface area contributed by atoms with Crippen LogP contribution in [0.5, 0.6) is 0 Å². The van der Waals surface area contributed by atoms with Crippen molar-refractivity contribution in [2.75, 3.05) is 0 Å². The third kappa shape index (κ3) is 2.26. The normalized spacial score (nSPS) is 17.6. The molecule has 0 saturated heterocycles. The second-order valence-electron chi connectivity index (χ2n) is 4.65. The highest BCUT2D eigenvalue weighted by Gasteiger charge is 2.14. The van der Waals surface area contributed by atoms with Gasteiger partial charge in [-0.05, 0) is 18.8 Å². The maximum Gasteiger partial charge on any atom is 0.330 e. The molecule has 0 spiro atoms. The van der Waals surface area contributed by atoms with Crippen LogP contribution in [0.15, 0.2) is 21.9 Å². The Labute approximate surface area is 94.5 Å². The van der Waals surface area contributed by atoms with Gasteiger partial charge in [0.1, 0.15) is 0 Å². The quantitative estimate of drug-likeness (QED) is 0.753. The van der Waals surface area contributed by atoms with Crippen LogP contribution in [0.4, 0.5) is 0 Å². The number of rotatable bonds is 2. The van der Waals surface area contributed by atoms with Gasteiger partial charge in [0.25, 0.3) is 5.56 Å². The Morgan fingerprint density at radius 2 is 1.94 bits per heavy atom. The summed E-state index contributed by atoms with van der Waals surface area (Å²) in [5.41, 5.74) is -0.428. The van der Waals surface area contributed by atoms with E-state index in [0.717, 1.165) is 6.54 Å². The monoisotopic (exact) mass is 222 g/mol. The van der Waals surface area contributed by atoms with Crippen LogP contribution in [0.25, 0.3) is 0 Å². The summed E-state index contributed by atoms with van der Waals surface area (Å²) in [7, 11) is 1.53. The molecule has 1 heterocycles. The van der Waals surface area contributed by atoms with Crippen molar-refractivity contribution in [1.29, 1.82) is 0 Å². The first-order chi connectivity index (χ1) is 7.68. The Kier molecular flexibility index (Phi) is 3.27. The van der Waals surface area contributed by atoms with Crippen LogP contribution in [0.2, 0.25) is 0 Å². The van der Waals surface area contributed by atoms with Gasteiger partial charge in [0.05, 0.1) is 0 Å². The summed E-state index contributed by atoms with van der Waals surface area (Å²) >= 11 is 0. The molecule has 1 aliphatic carbocycles. The molecule has 1 aromatic rings. The van der Waals surface area contributed by atoms with Crippen LogP contribution in [-0.4, -0.2) is 9.13 Å². The minimum atomic E-state index is -0.232. The maximum absolute atomic E-state index is 11.8. The lowest BCUT2D eigenvalue weighted by Crippen LogP contribution is -2.38. The fourth-order valence-corrected chi connectivity index (χ4v) is 2.40. The second kappa shape index (κ2) is 4.68.